The highest BCUT2D eigenvalue weighted by Crippen LogP contribution is 2.00. The largest absolute Gasteiger partial charge is 0.0683 e. The van der Waals surface area contributed by atoms with Crippen molar-refractivity contribution in [1.29, 1.82) is 0 Å². The summed E-state index contributed by atoms with van der Waals surface area (Å²) >= 11 is 0. The number of benzene rings is 3. The van der Waals surface area contributed by atoms with Crippen molar-refractivity contribution in [3.8, 4) is 0 Å². The molecule has 0 aliphatic heterocycles. The Bertz CT molecular complexity index is 560. The second-order valence-electron chi connectivity index (χ2n) is 5.54. The van der Waals surface area contributed by atoms with Gasteiger partial charge in [0.2, 0.25) is 0 Å². The number of aryl methyl sites for hydroxylation is 3. The van der Waals surface area contributed by atoms with Crippen LogP contribution in [0.3, 0.4) is 0 Å². The van der Waals surface area contributed by atoms with E-state index in [0.29, 0.717) is 0 Å². The van der Waals surface area contributed by atoms with Crippen LogP contribution < -0.4 is 0 Å². The van der Waals surface area contributed by atoms with Gasteiger partial charge in [0.15, 0.2) is 0 Å². The van der Waals surface area contributed by atoms with Gasteiger partial charge >= 0.3 is 0 Å². The van der Waals surface area contributed by atoms with Gasteiger partial charge in [0.05, 0.1) is 0 Å². The van der Waals surface area contributed by atoms with Gasteiger partial charge in [-0.1, -0.05) is 143 Å². The molecular weight excluding hydrogens is 324 g/mol. The van der Waals surface area contributed by atoms with E-state index in [9.17, 15) is 0 Å². The van der Waals surface area contributed by atoms with Gasteiger partial charge in [0, 0.05) is 0 Å². The fraction of sp³-hybridized carbons (Fsp3) is 0.333. The first-order chi connectivity index (χ1) is 13.2. The third-order valence-electron chi connectivity index (χ3n) is 3.26. The zero-order valence-corrected chi connectivity index (χ0v) is 18.6. The van der Waals surface area contributed by atoms with Crippen LogP contribution in [0.2, 0.25) is 0 Å². The van der Waals surface area contributed by atoms with Gasteiger partial charge in [-0.3, -0.25) is 0 Å². The van der Waals surface area contributed by atoms with Gasteiger partial charge in [-0.2, -0.15) is 0 Å². The third-order valence-corrected chi connectivity index (χ3v) is 3.26. The molecule has 0 bridgehead atoms. The molecule has 3 rings (SSSR count). The van der Waals surface area contributed by atoms with Gasteiger partial charge in [-0.05, 0) is 25.8 Å². The van der Waals surface area contributed by atoms with Crippen LogP contribution >= 0.6 is 0 Å². The Morgan fingerprint density at radius 2 is 0.778 bits per heavy atom. The molecule has 0 aromatic heterocycles. The van der Waals surface area contributed by atoms with Gasteiger partial charge in [0.1, 0.15) is 0 Å². The van der Waals surface area contributed by atoms with E-state index in [1.54, 1.807) is 0 Å². The molecular formula is C27H40. The number of hydrogen-bond acceptors (Lipinski definition) is 0. The summed E-state index contributed by atoms with van der Waals surface area (Å²) in [7, 11) is 0. The molecule has 148 valence electrons. The predicted octanol–water partition coefficient (Wildman–Crippen LogP) is 8.68. The first-order valence-corrected chi connectivity index (χ1v) is 10.3. The Kier molecular flexibility index (Phi) is 21.6. The normalized spacial score (nSPS) is 8.11. The van der Waals surface area contributed by atoms with E-state index in [2.05, 4.69) is 75.4 Å². The minimum absolute atomic E-state index is 1.21. The van der Waals surface area contributed by atoms with Crippen LogP contribution in [0.15, 0.2) is 91.0 Å². The quantitative estimate of drug-likeness (QED) is 0.426. The smallest absolute Gasteiger partial charge is 0.0281 e. The fourth-order valence-electron chi connectivity index (χ4n) is 2.00. The van der Waals surface area contributed by atoms with Crippen molar-refractivity contribution in [1.82, 2.24) is 0 Å². The molecule has 0 saturated heterocycles. The Hall–Kier alpha value is -2.34. The molecule has 0 spiro atoms. The van der Waals surface area contributed by atoms with Crippen LogP contribution in [-0.2, 0) is 6.42 Å². The van der Waals surface area contributed by atoms with Crippen molar-refractivity contribution in [2.45, 2.75) is 61.3 Å². The maximum atomic E-state index is 2.20. The van der Waals surface area contributed by atoms with E-state index < -0.39 is 0 Å². The van der Waals surface area contributed by atoms with Crippen LogP contribution in [0.25, 0.3) is 0 Å². The Balaban J connectivity index is 0. The van der Waals surface area contributed by atoms with Crippen LogP contribution in [0.4, 0.5) is 0 Å². The van der Waals surface area contributed by atoms with E-state index in [4.69, 9.17) is 0 Å². The van der Waals surface area contributed by atoms with E-state index in [1.165, 1.54) is 29.5 Å². The SMILES string of the molecule is CC.CC.CCCc1ccccc1.Cc1ccccc1.Cc1ccccc1. The van der Waals surface area contributed by atoms with Crippen molar-refractivity contribution in [3.05, 3.63) is 108 Å². The maximum absolute atomic E-state index is 2.20. The molecule has 3 aromatic carbocycles. The Morgan fingerprint density at radius 1 is 0.481 bits per heavy atom. The number of hydrogen-bond donors (Lipinski definition) is 0. The van der Waals surface area contributed by atoms with Crippen molar-refractivity contribution < 1.29 is 0 Å². The molecule has 0 unspecified atom stereocenters. The molecule has 0 radical (unpaired) electrons. The zero-order chi connectivity index (χ0) is 20.8. The summed E-state index contributed by atoms with van der Waals surface area (Å²) < 4.78 is 0. The maximum Gasteiger partial charge on any atom is -0.0281 e. The van der Waals surface area contributed by atoms with E-state index >= 15 is 0 Å². The minimum Gasteiger partial charge on any atom is -0.0683 e. The van der Waals surface area contributed by atoms with Crippen molar-refractivity contribution in [2.24, 2.45) is 0 Å². The molecule has 0 saturated carbocycles. The lowest BCUT2D eigenvalue weighted by molar-refractivity contribution is 0.922. The summed E-state index contributed by atoms with van der Waals surface area (Å²) in [6, 6.07) is 31.1. The summed E-state index contributed by atoms with van der Waals surface area (Å²) in [6.07, 6.45) is 2.45. The molecule has 0 aliphatic rings. The second-order valence-corrected chi connectivity index (χ2v) is 5.54. The van der Waals surface area contributed by atoms with E-state index in [1.807, 2.05) is 64.1 Å². The summed E-state index contributed by atoms with van der Waals surface area (Å²) in [4.78, 5) is 0. The minimum atomic E-state index is 1.21. The number of rotatable bonds is 2. The van der Waals surface area contributed by atoms with Gasteiger partial charge in [-0.15, -0.1) is 0 Å². The van der Waals surface area contributed by atoms with E-state index in [0.717, 1.165) is 0 Å². The molecule has 0 nitrogen and oxygen atoms in total. The average molecular weight is 365 g/mol. The molecule has 0 heterocycles. The lowest BCUT2D eigenvalue weighted by Gasteiger charge is -1.93. The molecule has 0 atom stereocenters. The highest BCUT2D eigenvalue weighted by Gasteiger charge is 1.84. The summed E-state index contributed by atoms with van der Waals surface area (Å²) in [5.74, 6) is 0. The van der Waals surface area contributed by atoms with Crippen molar-refractivity contribution >= 4 is 0 Å². The molecule has 0 N–H and O–H groups in total. The summed E-state index contributed by atoms with van der Waals surface area (Å²) in [5, 5.41) is 0. The van der Waals surface area contributed by atoms with Crippen molar-refractivity contribution in [3.63, 3.8) is 0 Å². The highest BCUT2D eigenvalue weighted by atomic mass is 13.9. The predicted molar refractivity (Wildman–Crippen MR) is 125 cm³/mol. The monoisotopic (exact) mass is 364 g/mol. The lowest BCUT2D eigenvalue weighted by Crippen LogP contribution is -1.78. The van der Waals surface area contributed by atoms with Crippen LogP contribution in [0, 0.1) is 13.8 Å². The Morgan fingerprint density at radius 3 is 1.00 bits per heavy atom. The average Bonchev–Trinajstić information content (AvgIpc) is 2.74. The Labute approximate surface area is 169 Å². The zero-order valence-electron chi connectivity index (χ0n) is 18.6. The molecule has 0 amide bonds. The first kappa shape index (κ1) is 26.9. The summed E-state index contributed by atoms with van der Waals surface area (Å²) in [6.45, 7) is 14.4. The molecule has 27 heavy (non-hydrogen) atoms. The highest BCUT2D eigenvalue weighted by molar-refractivity contribution is 5.14. The molecule has 0 aliphatic carbocycles. The molecule has 3 aromatic rings. The van der Waals surface area contributed by atoms with Gasteiger partial charge < -0.3 is 0 Å². The standard InChI is InChI=1S/C9H12.2C7H8.2C2H6/c1-2-6-9-7-4-3-5-8-9;2*1-7-5-3-2-4-6-7;2*1-2/h3-5,7-8H,2,6H2,1H3;2*2-6H,1H3;2*1-2H3. The molecule has 0 fully saturated rings. The van der Waals surface area contributed by atoms with Gasteiger partial charge in [0.25, 0.3) is 0 Å². The molecule has 0 heteroatoms. The van der Waals surface area contributed by atoms with Crippen LogP contribution in [0.1, 0.15) is 57.7 Å². The topological polar surface area (TPSA) is 0 Å². The van der Waals surface area contributed by atoms with Crippen LogP contribution in [0.5, 0.6) is 0 Å². The third kappa shape index (κ3) is 18.3. The first-order valence-electron chi connectivity index (χ1n) is 10.3. The van der Waals surface area contributed by atoms with Gasteiger partial charge in [-0.25, -0.2) is 0 Å². The fourth-order valence-corrected chi connectivity index (χ4v) is 2.00. The van der Waals surface area contributed by atoms with E-state index in [-0.39, 0.29) is 0 Å². The van der Waals surface area contributed by atoms with Crippen molar-refractivity contribution in [2.75, 3.05) is 0 Å². The lowest BCUT2D eigenvalue weighted by atomic mass is 10.1. The summed E-state index contributed by atoms with van der Waals surface area (Å²) in [5.41, 5.74) is 4.09. The second kappa shape index (κ2) is 21.7. The van der Waals surface area contributed by atoms with Crippen LogP contribution in [-0.4, -0.2) is 0 Å².